The lowest BCUT2D eigenvalue weighted by atomic mass is 10.0. The lowest BCUT2D eigenvalue weighted by Gasteiger charge is -2.17. The minimum atomic E-state index is -0.506. The fourth-order valence-electron chi connectivity index (χ4n) is 2.39. The molecule has 1 unspecified atom stereocenters. The molecular formula is C14H18N4O3. The molecule has 7 nitrogen and oxygen atoms in total. The smallest absolute Gasteiger partial charge is 0.333 e. The number of benzene rings is 1. The molecule has 0 amide bonds. The maximum absolute atomic E-state index is 11.0. The molecule has 2 aromatic rings. The molecule has 1 aromatic heterocycles. The van der Waals surface area contributed by atoms with Crippen LogP contribution in [0.15, 0.2) is 18.2 Å². The van der Waals surface area contributed by atoms with Crippen molar-refractivity contribution in [1.29, 1.82) is 0 Å². The SMILES string of the molecule is COc1ccc(C)cc1C(C)n1nc(C)c([N+](=O)[O-])c1N. The Bertz CT molecular complexity index is 694. The Hall–Kier alpha value is -2.57. The van der Waals surface area contributed by atoms with Crippen LogP contribution in [0.5, 0.6) is 5.75 Å². The maximum atomic E-state index is 11.0. The minimum Gasteiger partial charge on any atom is -0.496 e. The first-order chi connectivity index (χ1) is 9.86. The molecular weight excluding hydrogens is 272 g/mol. The Morgan fingerprint density at radius 1 is 1.43 bits per heavy atom. The second kappa shape index (κ2) is 5.43. The summed E-state index contributed by atoms with van der Waals surface area (Å²) < 4.78 is 6.81. The van der Waals surface area contributed by atoms with Crippen molar-refractivity contribution in [2.24, 2.45) is 0 Å². The normalized spacial score (nSPS) is 12.2. The van der Waals surface area contributed by atoms with Crippen LogP contribution >= 0.6 is 0 Å². The zero-order valence-corrected chi connectivity index (χ0v) is 12.5. The van der Waals surface area contributed by atoms with E-state index in [9.17, 15) is 10.1 Å². The van der Waals surface area contributed by atoms with E-state index in [0.29, 0.717) is 11.4 Å². The van der Waals surface area contributed by atoms with Crippen LogP contribution in [0.1, 0.15) is 29.8 Å². The van der Waals surface area contributed by atoms with E-state index >= 15 is 0 Å². The number of ether oxygens (including phenoxy) is 1. The number of hydrogen-bond acceptors (Lipinski definition) is 5. The van der Waals surface area contributed by atoms with E-state index in [4.69, 9.17) is 10.5 Å². The first kappa shape index (κ1) is 14.8. The van der Waals surface area contributed by atoms with Gasteiger partial charge >= 0.3 is 5.69 Å². The van der Waals surface area contributed by atoms with Gasteiger partial charge in [-0.15, -0.1) is 0 Å². The van der Waals surface area contributed by atoms with Crippen molar-refractivity contribution in [2.45, 2.75) is 26.8 Å². The first-order valence-corrected chi connectivity index (χ1v) is 6.50. The second-order valence-electron chi connectivity index (χ2n) is 4.94. The average Bonchev–Trinajstić information content (AvgIpc) is 2.73. The molecule has 0 bridgehead atoms. The second-order valence-corrected chi connectivity index (χ2v) is 4.94. The van der Waals surface area contributed by atoms with Gasteiger partial charge < -0.3 is 10.5 Å². The maximum Gasteiger partial charge on any atom is 0.333 e. The monoisotopic (exact) mass is 290 g/mol. The Morgan fingerprint density at radius 3 is 2.62 bits per heavy atom. The van der Waals surface area contributed by atoms with Crippen molar-refractivity contribution in [3.8, 4) is 5.75 Å². The molecule has 2 N–H and O–H groups in total. The minimum absolute atomic E-state index is 0.0496. The van der Waals surface area contributed by atoms with E-state index in [2.05, 4.69) is 5.10 Å². The number of aromatic nitrogens is 2. The summed E-state index contributed by atoms with van der Waals surface area (Å²) in [5.41, 5.74) is 7.99. The number of nitrogens with two attached hydrogens (primary N) is 1. The van der Waals surface area contributed by atoms with E-state index in [1.165, 1.54) is 4.68 Å². The van der Waals surface area contributed by atoms with Gasteiger partial charge in [-0.25, -0.2) is 4.68 Å². The molecule has 1 aromatic carbocycles. The molecule has 1 heterocycles. The fraction of sp³-hybridized carbons (Fsp3) is 0.357. The van der Waals surface area contributed by atoms with Crippen LogP contribution in [-0.2, 0) is 0 Å². The highest BCUT2D eigenvalue weighted by molar-refractivity contribution is 5.57. The predicted octanol–water partition coefficient (Wildman–Crippen LogP) is 2.61. The van der Waals surface area contributed by atoms with Crippen LogP contribution in [0.2, 0.25) is 0 Å². The van der Waals surface area contributed by atoms with E-state index < -0.39 is 4.92 Å². The van der Waals surface area contributed by atoms with Gasteiger partial charge in [-0.1, -0.05) is 17.7 Å². The number of nitrogens with zero attached hydrogens (tertiary/aromatic N) is 3. The standard InChI is InChI=1S/C14H18N4O3/c1-8-5-6-12(21-4)11(7-8)10(3)17-14(15)13(18(19)20)9(2)16-17/h5-7,10H,15H2,1-4H3. The zero-order valence-electron chi connectivity index (χ0n) is 12.5. The summed E-state index contributed by atoms with van der Waals surface area (Å²) in [4.78, 5) is 10.5. The lowest BCUT2D eigenvalue weighted by Crippen LogP contribution is -2.13. The van der Waals surface area contributed by atoms with Crippen molar-refractivity contribution < 1.29 is 9.66 Å². The third kappa shape index (κ3) is 2.54. The molecule has 0 aliphatic rings. The largest absolute Gasteiger partial charge is 0.496 e. The van der Waals surface area contributed by atoms with Crippen LogP contribution in [-0.4, -0.2) is 21.8 Å². The number of methoxy groups -OCH3 is 1. The zero-order chi connectivity index (χ0) is 15.7. The molecule has 7 heteroatoms. The molecule has 0 saturated carbocycles. The quantitative estimate of drug-likeness (QED) is 0.689. The van der Waals surface area contributed by atoms with Gasteiger partial charge in [0.25, 0.3) is 0 Å². The topological polar surface area (TPSA) is 96.2 Å². The fourth-order valence-corrected chi connectivity index (χ4v) is 2.39. The van der Waals surface area contributed by atoms with Crippen LogP contribution in [0.4, 0.5) is 11.5 Å². The molecule has 0 aliphatic carbocycles. The third-order valence-electron chi connectivity index (χ3n) is 3.47. The highest BCUT2D eigenvalue weighted by Crippen LogP contribution is 2.34. The number of hydrogen-bond donors (Lipinski definition) is 1. The lowest BCUT2D eigenvalue weighted by molar-refractivity contribution is -0.384. The molecule has 1 atom stereocenters. The van der Waals surface area contributed by atoms with E-state index in [-0.39, 0.29) is 17.5 Å². The summed E-state index contributed by atoms with van der Waals surface area (Å²) in [7, 11) is 1.58. The van der Waals surface area contributed by atoms with Crippen molar-refractivity contribution >= 4 is 11.5 Å². The molecule has 0 spiro atoms. The summed E-state index contributed by atoms with van der Waals surface area (Å²) in [5.74, 6) is 0.747. The molecule has 112 valence electrons. The number of nitrogen functional groups attached to an aromatic ring is 1. The average molecular weight is 290 g/mol. The van der Waals surface area contributed by atoms with Gasteiger partial charge in [0, 0.05) is 5.56 Å². The highest BCUT2D eigenvalue weighted by Gasteiger charge is 2.26. The number of nitro groups is 1. The Morgan fingerprint density at radius 2 is 2.10 bits per heavy atom. The first-order valence-electron chi connectivity index (χ1n) is 6.50. The molecule has 0 saturated heterocycles. The third-order valence-corrected chi connectivity index (χ3v) is 3.47. The van der Waals surface area contributed by atoms with Crippen molar-refractivity contribution in [3.05, 3.63) is 45.1 Å². The van der Waals surface area contributed by atoms with Gasteiger partial charge in [-0.2, -0.15) is 5.10 Å². The van der Waals surface area contributed by atoms with Crippen molar-refractivity contribution in [1.82, 2.24) is 9.78 Å². The van der Waals surface area contributed by atoms with E-state index in [0.717, 1.165) is 11.1 Å². The molecule has 0 aliphatic heterocycles. The molecule has 21 heavy (non-hydrogen) atoms. The number of rotatable bonds is 4. The Labute approximate surface area is 122 Å². The summed E-state index contributed by atoms with van der Waals surface area (Å²) in [6.07, 6.45) is 0. The Balaban J connectivity index is 2.55. The van der Waals surface area contributed by atoms with E-state index in [1.54, 1.807) is 14.0 Å². The summed E-state index contributed by atoms with van der Waals surface area (Å²) >= 11 is 0. The molecule has 0 radical (unpaired) electrons. The van der Waals surface area contributed by atoms with Gasteiger partial charge in [-0.3, -0.25) is 10.1 Å². The van der Waals surface area contributed by atoms with Crippen LogP contribution in [0, 0.1) is 24.0 Å². The van der Waals surface area contributed by atoms with Gasteiger partial charge in [0.05, 0.1) is 18.1 Å². The number of aryl methyl sites for hydroxylation is 2. The van der Waals surface area contributed by atoms with Gasteiger partial charge in [-0.05, 0) is 26.8 Å². The van der Waals surface area contributed by atoms with Gasteiger partial charge in [0.2, 0.25) is 5.82 Å². The molecule has 2 rings (SSSR count). The predicted molar refractivity (Wildman–Crippen MR) is 79.6 cm³/mol. The molecule has 0 fully saturated rings. The van der Waals surface area contributed by atoms with E-state index in [1.807, 2.05) is 32.0 Å². The summed E-state index contributed by atoms with van der Waals surface area (Å²) in [5, 5.41) is 15.2. The number of anilines is 1. The van der Waals surface area contributed by atoms with Crippen LogP contribution in [0.25, 0.3) is 0 Å². The summed E-state index contributed by atoms with van der Waals surface area (Å²) in [6.45, 7) is 5.42. The van der Waals surface area contributed by atoms with Crippen molar-refractivity contribution in [2.75, 3.05) is 12.8 Å². The Kier molecular flexibility index (Phi) is 3.84. The van der Waals surface area contributed by atoms with Crippen molar-refractivity contribution in [3.63, 3.8) is 0 Å². The highest BCUT2D eigenvalue weighted by atomic mass is 16.6. The van der Waals surface area contributed by atoms with Crippen LogP contribution in [0.3, 0.4) is 0 Å². The van der Waals surface area contributed by atoms with Gasteiger partial charge in [0.1, 0.15) is 11.4 Å². The summed E-state index contributed by atoms with van der Waals surface area (Å²) in [6, 6.07) is 5.50. The van der Waals surface area contributed by atoms with Crippen LogP contribution < -0.4 is 10.5 Å². The van der Waals surface area contributed by atoms with Gasteiger partial charge in [0.15, 0.2) is 0 Å².